The van der Waals surface area contributed by atoms with E-state index < -0.39 is 39.6 Å². The van der Waals surface area contributed by atoms with Crippen LogP contribution >= 0.6 is 11.6 Å². The smallest absolute Gasteiger partial charge is 0.395 e. The van der Waals surface area contributed by atoms with E-state index >= 15 is 0 Å². The number of alkyl halides is 3. The van der Waals surface area contributed by atoms with Crippen LogP contribution in [0.15, 0.2) is 0 Å². The zero-order chi connectivity index (χ0) is 14.7. The Morgan fingerprint density at radius 1 is 1.11 bits per heavy atom. The molecule has 0 spiro atoms. The number of benzene rings is 1. The summed E-state index contributed by atoms with van der Waals surface area (Å²) in [4.78, 5) is 0. The Morgan fingerprint density at radius 3 is 1.89 bits per heavy atom. The van der Waals surface area contributed by atoms with Gasteiger partial charge in [0.15, 0.2) is 11.6 Å². The van der Waals surface area contributed by atoms with E-state index in [2.05, 4.69) is 0 Å². The molecule has 1 rings (SSSR count). The van der Waals surface area contributed by atoms with Crippen molar-refractivity contribution in [2.24, 2.45) is 0 Å². The van der Waals surface area contributed by atoms with E-state index in [-0.39, 0.29) is 6.42 Å². The Balaban J connectivity index is 0.00000137. The molecule has 1 nitrogen and oxygen atoms in total. The molecule has 0 unspecified atom stereocenters. The van der Waals surface area contributed by atoms with Crippen LogP contribution in [0, 0.1) is 11.6 Å². The van der Waals surface area contributed by atoms with E-state index in [9.17, 15) is 22.0 Å². The summed E-state index contributed by atoms with van der Waals surface area (Å²) in [6, 6.07) is 0. The number of rotatable bonds is 1. The second-order valence-electron chi connectivity index (χ2n) is 3.06. The minimum Gasteiger partial charge on any atom is -0.395 e. The van der Waals surface area contributed by atoms with Crippen molar-refractivity contribution in [3.63, 3.8) is 0 Å². The summed E-state index contributed by atoms with van der Waals surface area (Å²) in [5.41, 5.74) is 2.03. The van der Waals surface area contributed by atoms with Crippen molar-refractivity contribution >= 4 is 17.3 Å². The maximum Gasteiger partial charge on any atom is 0.419 e. The standard InChI is InChI=1S/C9H7ClF5N.C2H6/c1-2-3-4(9(13,14)15)6(11)7(12)8(16)5(3)10;1-2/h2,16H2,1H3;1-2H3. The summed E-state index contributed by atoms with van der Waals surface area (Å²) >= 11 is 5.45. The molecular formula is C11H13ClF5N. The Bertz CT molecular complexity index is 429. The highest BCUT2D eigenvalue weighted by Gasteiger charge is 2.40. The SMILES string of the molecule is CC.CCc1c(Cl)c(N)c(F)c(F)c1C(F)(F)F. The molecule has 0 saturated carbocycles. The van der Waals surface area contributed by atoms with Crippen molar-refractivity contribution in [2.45, 2.75) is 33.4 Å². The van der Waals surface area contributed by atoms with Gasteiger partial charge in [0.1, 0.15) is 0 Å². The van der Waals surface area contributed by atoms with E-state index in [0.29, 0.717) is 0 Å². The van der Waals surface area contributed by atoms with Crippen LogP contribution in [0.25, 0.3) is 0 Å². The summed E-state index contributed by atoms with van der Waals surface area (Å²) in [5.74, 6) is -3.78. The van der Waals surface area contributed by atoms with Gasteiger partial charge in [-0.25, -0.2) is 8.78 Å². The van der Waals surface area contributed by atoms with Gasteiger partial charge in [-0.15, -0.1) is 0 Å². The Hall–Kier alpha value is -1.04. The highest BCUT2D eigenvalue weighted by Crippen LogP contribution is 2.41. The third-order valence-corrected chi connectivity index (χ3v) is 2.52. The highest BCUT2D eigenvalue weighted by atomic mass is 35.5. The molecule has 0 atom stereocenters. The number of nitrogens with two attached hydrogens (primary N) is 1. The van der Waals surface area contributed by atoms with Gasteiger partial charge < -0.3 is 5.73 Å². The zero-order valence-corrected chi connectivity index (χ0v) is 10.8. The number of nitrogen functional groups attached to an aromatic ring is 1. The molecule has 1 aromatic rings. The fraction of sp³-hybridized carbons (Fsp3) is 0.455. The van der Waals surface area contributed by atoms with Crippen molar-refractivity contribution in [1.29, 1.82) is 0 Å². The molecule has 0 aliphatic rings. The first kappa shape index (κ1) is 17.0. The van der Waals surface area contributed by atoms with Crippen LogP contribution in [0.5, 0.6) is 0 Å². The molecule has 0 radical (unpaired) electrons. The van der Waals surface area contributed by atoms with Crippen LogP contribution in [0.2, 0.25) is 5.02 Å². The largest absolute Gasteiger partial charge is 0.419 e. The predicted molar refractivity (Wildman–Crippen MR) is 61.5 cm³/mol. The van der Waals surface area contributed by atoms with E-state index in [1.807, 2.05) is 13.8 Å². The molecule has 0 saturated heterocycles. The molecule has 2 N–H and O–H groups in total. The van der Waals surface area contributed by atoms with Crippen LogP contribution in [-0.4, -0.2) is 0 Å². The highest BCUT2D eigenvalue weighted by molar-refractivity contribution is 6.34. The Morgan fingerprint density at radius 2 is 1.56 bits per heavy atom. The molecule has 0 aliphatic heterocycles. The van der Waals surface area contributed by atoms with Gasteiger partial charge in [-0.3, -0.25) is 0 Å². The third-order valence-electron chi connectivity index (χ3n) is 2.09. The van der Waals surface area contributed by atoms with Crippen molar-refractivity contribution in [3.8, 4) is 0 Å². The minimum atomic E-state index is -5.01. The number of anilines is 1. The molecule has 7 heteroatoms. The van der Waals surface area contributed by atoms with Gasteiger partial charge in [0.25, 0.3) is 0 Å². The third kappa shape index (κ3) is 3.04. The quantitative estimate of drug-likeness (QED) is 0.448. The van der Waals surface area contributed by atoms with Crippen LogP contribution in [0.3, 0.4) is 0 Å². The number of hydrogen-bond donors (Lipinski definition) is 1. The van der Waals surface area contributed by atoms with E-state index in [1.165, 1.54) is 6.92 Å². The molecule has 0 bridgehead atoms. The second kappa shape index (κ2) is 6.22. The maximum atomic E-state index is 13.2. The monoisotopic (exact) mass is 289 g/mol. The van der Waals surface area contributed by atoms with Gasteiger partial charge in [-0.05, 0) is 12.0 Å². The Labute approximate surface area is 107 Å². The van der Waals surface area contributed by atoms with E-state index in [4.69, 9.17) is 17.3 Å². The van der Waals surface area contributed by atoms with Crippen molar-refractivity contribution in [3.05, 3.63) is 27.8 Å². The molecule has 0 aromatic heterocycles. The summed E-state index contributed by atoms with van der Waals surface area (Å²) < 4.78 is 63.6. The summed E-state index contributed by atoms with van der Waals surface area (Å²) in [6.45, 7) is 5.34. The van der Waals surface area contributed by atoms with E-state index in [1.54, 1.807) is 0 Å². The molecule has 1 aromatic carbocycles. The first-order valence-corrected chi connectivity index (χ1v) is 5.61. The lowest BCUT2D eigenvalue weighted by Crippen LogP contribution is -2.15. The van der Waals surface area contributed by atoms with Crippen LogP contribution in [0.1, 0.15) is 31.9 Å². The first-order chi connectivity index (χ1) is 8.21. The van der Waals surface area contributed by atoms with Crippen molar-refractivity contribution < 1.29 is 22.0 Å². The molecule has 104 valence electrons. The molecule has 0 aliphatic carbocycles. The zero-order valence-electron chi connectivity index (χ0n) is 10.1. The van der Waals surface area contributed by atoms with E-state index in [0.717, 1.165) is 0 Å². The van der Waals surface area contributed by atoms with Gasteiger partial charge in [-0.1, -0.05) is 32.4 Å². The Kier molecular flexibility index (Phi) is 5.86. The maximum absolute atomic E-state index is 13.2. The summed E-state index contributed by atoms with van der Waals surface area (Å²) in [5, 5.41) is -0.589. The lowest BCUT2D eigenvalue weighted by Gasteiger charge is -2.16. The van der Waals surface area contributed by atoms with Crippen LogP contribution in [-0.2, 0) is 12.6 Å². The fourth-order valence-electron chi connectivity index (χ4n) is 1.36. The van der Waals surface area contributed by atoms with Gasteiger partial charge in [0.05, 0.1) is 16.3 Å². The summed E-state index contributed by atoms with van der Waals surface area (Å²) in [7, 11) is 0. The average molecular weight is 290 g/mol. The van der Waals surface area contributed by atoms with Crippen molar-refractivity contribution in [2.75, 3.05) is 5.73 Å². The molecule has 0 amide bonds. The fourth-order valence-corrected chi connectivity index (χ4v) is 1.67. The average Bonchev–Trinajstić information content (AvgIpc) is 2.31. The molecular weight excluding hydrogens is 277 g/mol. The number of hydrogen-bond acceptors (Lipinski definition) is 1. The van der Waals surface area contributed by atoms with Gasteiger partial charge in [0, 0.05) is 0 Å². The lowest BCUT2D eigenvalue weighted by atomic mass is 10.0. The van der Waals surface area contributed by atoms with Gasteiger partial charge in [0.2, 0.25) is 0 Å². The van der Waals surface area contributed by atoms with Crippen LogP contribution in [0.4, 0.5) is 27.6 Å². The second-order valence-corrected chi connectivity index (χ2v) is 3.44. The lowest BCUT2D eigenvalue weighted by molar-refractivity contribution is -0.140. The summed E-state index contributed by atoms with van der Waals surface area (Å²) in [6.07, 6.45) is -5.21. The topological polar surface area (TPSA) is 26.0 Å². The number of halogens is 6. The first-order valence-electron chi connectivity index (χ1n) is 5.23. The molecule has 0 heterocycles. The normalized spacial score (nSPS) is 10.9. The predicted octanol–water partition coefficient (Wildman–Crippen LogP) is 4.81. The van der Waals surface area contributed by atoms with Crippen molar-refractivity contribution in [1.82, 2.24) is 0 Å². The minimum absolute atomic E-state index is 0.199. The molecule has 18 heavy (non-hydrogen) atoms. The van der Waals surface area contributed by atoms with Crippen LogP contribution < -0.4 is 5.73 Å². The van der Waals surface area contributed by atoms with Gasteiger partial charge in [-0.2, -0.15) is 13.2 Å². The van der Waals surface area contributed by atoms with Gasteiger partial charge >= 0.3 is 6.18 Å². The molecule has 0 fully saturated rings.